The fourth-order valence-electron chi connectivity index (χ4n) is 1.26. The third kappa shape index (κ3) is 2.86. The van der Waals surface area contributed by atoms with Gasteiger partial charge in [0.05, 0.1) is 0 Å². The summed E-state index contributed by atoms with van der Waals surface area (Å²) < 4.78 is 0. The minimum atomic E-state index is -0.299. The number of amides is 1. The number of carbonyl (C=O) groups is 1. The Bertz CT molecular complexity index is 566. The molecule has 0 unspecified atom stereocenters. The Morgan fingerprint density at radius 2 is 2.17 bits per heavy atom. The van der Waals surface area contributed by atoms with Gasteiger partial charge in [0.15, 0.2) is 0 Å². The molecular formula is C11H13N5OS. The van der Waals surface area contributed by atoms with Gasteiger partial charge in [-0.2, -0.15) is 0 Å². The molecule has 2 aromatic heterocycles. The van der Waals surface area contributed by atoms with Crippen molar-refractivity contribution in [2.75, 3.05) is 5.32 Å². The molecule has 0 aliphatic heterocycles. The van der Waals surface area contributed by atoms with Crippen molar-refractivity contribution < 1.29 is 4.79 Å². The largest absolute Gasteiger partial charge is 0.295 e. The predicted octanol–water partition coefficient (Wildman–Crippen LogP) is 2.01. The van der Waals surface area contributed by atoms with Crippen LogP contribution >= 0.6 is 11.3 Å². The molecule has 0 saturated carbocycles. The Balaban J connectivity index is 2.11. The van der Waals surface area contributed by atoms with Gasteiger partial charge in [-0.3, -0.25) is 10.1 Å². The average Bonchev–Trinajstić information content (AvgIpc) is 2.77. The van der Waals surface area contributed by atoms with E-state index in [2.05, 4.69) is 25.5 Å². The summed E-state index contributed by atoms with van der Waals surface area (Å²) in [5.74, 6) is 0.559. The highest BCUT2D eigenvalue weighted by atomic mass is 32.1. The summed E-state index contributed by atoms with van der Waals surface area (Å²) in [7, 11) is 0. The first-order valence-electron chi connectivity index (χ1n) is 5.50. The van der Waals surface area contributed by atoms with Crippen LogP contribution in [0, 0.1) is 6.92 Å². The molecule has 6 nitrogen and oxygen atoms in total. The van der Waals surface area contributed by atoms with Crippen LogP contribution in [-0.2, 0) is 0 Å². The monoisotopic (exact) mass is 263 g/mol. The Morgan fingerprint density at radius 1 is 1.39 bits per heavy atom. The number of aromatic nitrogens is 4. The van der Waals surface area contributed by atoms with E-state index >= 15 is 0 Å². The highest BCUT2D eigenvalue weighted by Gasteiger charge is 2.12. The lowest BCUT2D eigenvalue weighted by molar-refractivity contribution is 0.102. The van der Waals surface area contributed by atoms with Crippen LogP contribution in [-0.4, -0.2) is 26.1 Å². The lowest BCUT2D eigenvalue weighted by Crippen LogP contribution is -2.14. The molecule has 0 saturated heterocycles. The van der Waals surface area contributed by atoms with Crippen molar-refractivity contribution in [2.24, 2.45) is 0 Å². The first kappa shape index (κ1) is 12.6. The SMILES string of the molecule is Cc1nccc(C(=O)Nc2nnc(C(C)C)s2)n1. The number of hydrogen-bond donors (Lipinski definition) is 1. The predicted molar refractivity (Wildman–Crippen MR) is 68.7 cm³/mol. The van der Waals surface area contributed by atoms with Gasteiger partial charge in [0.2, 0.25) is 5.13 Å². The smallest absolute Gasteiger partial charge is 0.276 e. The number of nitrogens with zero attached hydrogens (tertiary/aromatic N) is 4. The third-order valence-electron chi connectivity index (χ3n) is 2.16. The maximum Gasteiger partial charge on any atom is 0.276 e. The summed E-state index contributed by atoms with van der Waals surface area (Å²) in [5, 5.41) is 12.0. The molecule has 1 N–H and O–H groups in total. The van der Waals surface area contributed by atoms with Crippen molar-refractivity contribution >= 4 is 22.4 Å². The van der Waals surface area contributed by atoms with Crippen molar-refractivity contribution in [2.45, 2.75) is 26.7 Å². The number of carbonyl (C=O) groups excluding carboxylic acids is 1. The van der Waals surface area contributed by atoms with Crippen LogP contribution in [0.15, 0.2) is 12.3 Å². The second-order valence-electron chi connectivity index (χ2n) is 4.04. The zero-order valence-corrected chi connectivity index (χ0v) is 11.2. The summed E-state index contributed by atoms with van der Waals surface area (Å²) >= 11 is 1.37. The molecule has 1 amide bonds. The van der Waals surface area contributed by atoms with E-state index in [1.165, 1.54) is 11.3 Å². The zero-order valence-electron chi connectivity index (χ0n) is 10.3. The van der Waals surface area contributed by atoms with E-state index in [9.17, 15) is 4.79 Å². The van der Waals surface area contributed by atoms with E-state index in [0.717, 1.165) is 5.01 Å². The Kier molecular flexibility index (Phi) is 3.61. The molecule has 0 aliphatic carbocycles. The molecule has 0 fully saturated rings. The minimum Gasteiger partial charge on any atom is -0.295 e. The van der Waals surface area contributed by atoms with Crippen molar-refractivity contribution in [3.63, 3.8) is 0 Å². The molecule has 2 heterocycles. The second-order valence-corrected chi connectivity index (χ2v) is 5.05. The van der Waals surface area contributed by atoms with Crippen LogP contribution in [0.2, 0.25) is 0 Å². The Morgan fingerprint density at radius 3 is 2.78 bits per heavy atom. The van der Waals surface area contributed by atoms with Crippen LogP contribution in [0.1, 0.15) is 41.1 Å². The quantitative estimate of drug-likeness (QED) is 0.916. The number of hydrogen-bond acceptors (Lipinski definition) is 6. The molecule has 0 bridgehead atoms. The lowest BCUT2D eigenvalue weighted by Gasteiger charge is -2.00. The van der Waals surface area contributed by atoms with Gasteiger partial charge in [0, 0.05) is 12.1 Å². The number of rotatable bonds is 3. The highest BCUT2D eigenvalue weighted by molar-refractivity contribution is 7.15. The topological polar surface area (TPSA) is 80.7 Å². The van der Waals surface area contributed by atoms with Crippen molar-refractivity contribution in [1.29, 1.82) is 0 Å². The standard InChI is InChI=1S/C11H13N5OS/c1-6(2)10-15-16-11(18-10)14-9(17)8-4-5-12-7(3)13-8/h4-6H,1-3H3,(H,14,16,17). The molecule has 0 radical (unpaired) electrons. The van der Waals surface area contributed by atoms with Crippen molar-refractivity contribution in [3.8, 4) is 0 Å². The van der Waals surface area contributed by atoms with Gasteiger partial charge >= 0.3 is 0 Å². The molecule has 0 spiro atoms. The number of anilines is 1. The minimum absolute atomic E-state index is 0.299. The molecule has 0 atom stereocenters. The Labute approximate surface area is 109 Å². The highest BCUT2D eigenvalue weighted by Crippen LogP contribution is 2.22. The maximum absolute atomic E-state index is 11.9. The van der Waals surface area contributed by atoms with Crippen LogP contribution in [0.25, 0.3) is 0 Å². The van der Waals surface area contributed by atoms with Crippen molar-refractivity contribution in [1.82, 2.24) is 20.2 Å². The summed E-state index contributed by atoms with van der Waals surface area (Å²) in [6, 6.07) is 1.56. The summed E-state index contributed by atoms with van der Waals surface area (Å²) in [5.41, 5.74) is 0.323. The van der Waals surface area contributed by atoms with Gasteiger partial charge in [0.1, 0.15) is 16.5 Å². The van der Waals surface area contributed by atoms with E-state index < -0.39 is 0 Å². The van der Waals surface area contributed by atoms with Crippen molar-refractivity contribution in [3.05, 3.63) is 28.8 Å². The van der Waals surface area contributed by atoms with E-state index in [1.807, 2.05) is 13.8 Å². The summed E-state index contributed by atoms with van der Waals surface area (Å²) in [6.07, 6.45) is 1.55. The van der Waals surface area contributed by atoms with Gasteiger partial charge in [0.25, 0.3) is 5.91 Å². The lowest BCUT2D eigenvalue weighted by atomic mass is 10.2. The molecule has 7 heteroatoms. The normalized spacial score (nSPS) is 10.7. The van der Waals surface area contributed by atoms with Gasteiger partial charge in [-0.1, -0.05) is 25.2 Å². The van der Waals surface area contributed by atoms with E-state index in [1.54, 1.807) is 19.2 Å². The van der Waals surface area contributed by atoms with Crippen LogP contribution in [0.5, 0.6) is 0 Å². The molecular weight excluding hydrogens is 250 g/mol. The number of nitrogens with one attached hydrogen (secondary N) is 1. The second kappa shape index (κ2) is 5.18. The number of aryl methyl sites for hydroxylation is 1. The fourth-order valence-corrected chi connectivity index (χ4v) is 2.00. The maximum atomic E-state index is 11.9. The molecule has 0 aliphatic rings. The van der Waals surface area contributed by atoms with E-state index in [4.69, 9.17) is 0 Å². The Hall–Kier alpha value is -1.89. The summed E-state index contributed by atoms with van der Waals surface area (Å²) in [6.45, 7) is 5.79. The third-order valence-corrected chi connectivity index (χ3v) is 3.30. The van der Waals surface area contributed by atoms with Crippen LogP contribution in [0.3, 0.4) is 0 Å². The fraction of sp³-hybridized carbons (Fsp3) is 0.364. The van der Waals surface area contributed by atoms with Crippen LogP contribution in [0.4, 0.5) is 5.13 Å². The average molecular weight is 263 g/mol. The van der Waals surface area contributed by atoms with Crippen LogP contribution < -0.4 is 5.32 Å². The molecule has 2 aromatic rings. The molecule has 94 valence electrons. The van der Waals surface area contributed by atoms with E-state index in [0.29, 0.717) is 22.6 Å². The van der Waals surface area contributed by atoms with Gasteiger partial charge < -0.3 is 0 Å². The van der Waals surface area contributed by atoms with Gasteiger partial charge in [-0.15, -0.1) is 10.2 Å². The molecule has 18 heavy (non-hydrogen) atoms. The van der Waals surface area contributed by atoms with Gasteiger partial charge in [-0.25, -0.2) is 9.97 Å². The van der Waals surface area contributed by atoms with E-state index in [-0.39, 0.29) is 5.91 Å². The zero-order chi connectivity index (χ0) is 13.1. The first-order valence-corrected chi connectivity index (χ1v) is 6.32. The van der Waals surface area contributed by atoms with Gasteiger partial charge in [-0.05, 0) is 13.0 Å². The summed E-state index contributed by atoms with van der Waals surface area (Å²) in [4.78, 5) is 19.9. The molecule has 0 aromatic carbocycles. The molecule has 2 rings (SSSR count). The first-order chi connectivity index (χ1) is 8.56.